The fourth-order valence-electron chi connectivity index (χ4n) is 1.98. The van der Waals surface area contributed by atoms with E-state index in [1.807, 2.05) is 13.8 Å². The second kappa shape index (κ2) is 9.09. The van der Waals surface area contributed by atoms with E-state index < -0.39 is 0 Å². The van der Waals surface area contributed by atoms with Crippen LogP contribution < -0.4 is 0 Å². The lowest BCUT2D eigenvalue weighted by Crippen LogP contribution is -2.30. The molecule has 0 heterocycles. The molecule has 0 aromatic rings. The Balaban J connectivity index is 4.47. The van der Waals surface area contributed by atoms with Gasteiger partial charge < -0.3 is 9.64 Å². The van der Waals surface area contributed by atoms with E-state index in [9.17, 15) is 9.59 Å². The number of Topliss-reactive ketones (excluding diaryl/α,β-unsaturated/α-hetero) is 1. The summed E-state index contributed by atoms with van der Waals surface area (Å²) in [6, 6.07) is 0. The van der Waals surface area contributed by atoms with Gasteiger partial charge in [-0.1, -0.05) is 27.7 Å². The van der Waals surface area contributed by atoms with Crippen LogP contribution in [-0.2, 0) is 14.3 Å². The summed E-state index contributed by atoms with van der Waals surface area (Å²) in [5.74, 6) is -0.379. The summed E-state index contributed by atoms with van der Waals surface area (Å²) in [5.41, 5.74) is 0. The molecule has 18 heavy (non-hydrogen) atoms. The molecule has 0 saturated heterocycles. The second-order valence-electron chi connectivity index (χ2n) is 4.85. The molecule has 0 aliphatic rings. The van der Waals surface area contributed by atoms with E-state index in [-0.39, 0.29) is 30.0 Å². The maximum Gasteiger partial charge on any atom is 0.306 e. The fourth-order valence-corrected chi connectivity index (χ4v) is 1.98. The van der Waals surface area contributed by atoms with Crippen LogP contribution in [0, 0.1) is 11.8 Å². The fraction of sp³-hybridized carbons (Fsp3) is 0.857. The average molecular weight is 257 g/mol. The second-order valence-corrected chi connectivity index (χ2v) is 4.85. The van der Waals surface area contributed by atoms with Gasteiger partial charge in [-0.25, -0.2) is 0 Å². The largest absolute Gasteiger partial charge is 0.469 e. The van der Waals surface area contributed by atoms with Gasteiger partial charge in [-0.2, -0.15) is 0 Å². The van der Waals surface area contributed by atoms with Crippen LogP contribution in [0.4, 0.5) is 0 Å². The highest BCUT2D eigenvalue weighted by Crippen LogP contribution is 2.17. The van der Waals surface area contributed by atoms with Gasteiger partial charge in [0.15, 0.2) is 0 Å². The van der Waals surface area contributed by atoms with Gasteiger partial charge in [0, 0.05) is 11.8 Å². The number of ketones is 1. The number of carbonyl (C=O) groups is 2. The molecule has 0 N–H and O–H groups in total. The van der Waals surface area contributed by atoms with E-state index in [0.29, 0.717) is 0 Å². The zero-order valence-corrected chi connectivity index (χ0v) is 12.4. The molecular weight excluding hydrogens is 230 g/mol. The molecule has 0 aliphatic heterocycles. The Morgan fingerprint density at radius 3 is 2.11 bits per heavy atom. The Labute approximate surface area is 111 Å². The molecule has 0 saturated carbocycles. The summed E-state index contributed by atoms with van der Waals surface area (Å²) in [4.78, 5) is 25.7. The maximum absolute atomic E-state index is 12.1. The predicted molar refractivity (Wildman–Crippen MR) is 72.4 cm³/mol. The summed E-state index contributed by atoms with van der Waals surface area (Å²) in [5, 5.41) is 0. The minimum absolute atomic E-state index is 0.0311. The van der Waals surface area contributed by atoms with Crippen molar-refractivity contribution in [1.29, 1.82) is 0 Å². The molecule has 0 rings (SSSR count). The zero-order valence-electron chi connectivity index (χ0n) is 12.4. The van der Waals surface area contributed by atoms with Gasteiger partial charge >= 0.3 is 5.97 Å². The first kappa shape index (κ1) is 17.1. The monoisotopic (exact) mass is 257 g/mol. The standard InChI is InChI=1S/C14H27NO3/c1-6-15(7-2)9-8-12(10-13(16)18-5)14(17)11(3)4/h11-12H,6-10H2,1-5H3/t12-/m1/s1. The quantitative estimate of drug-likeness (QED) is 0.594. The summed E-state index contributed by atoms with van der Waals surface area (Å²) < 4.78 is 4.67. The van der Waals surface area contributed by atoms with Crippen molar-refractivity contribution in [1.82, 2.24) is 4.90 Å². The van der Waals surface area contributed by atoms with Crippen LogP contribution in [0.3, 0.4) is 0 Å². The molecule has 0 aliphatic carbocycles. The number of methoxy groups -OCH3 is 1. The van der Waals surface area contributed by atoms with Crippen molar-refractivity contribution in [3.63, 3.8) is 0 Å². The van der Waals surface area contributed by atoms with Crippen LogP contribution in [0.15, 0.2) is 0 Å². The lowest BCUT2D eigenvalue weighted by molar-refractivity contribution is -0.144. The van der Waals surface area contributed by atoms with Crippen molar-refractivity contribution in [2.75, 3.05) is 26.7 Å². The number of hydrogen-bond donors (Lipinski definition) is 0. The number of ether oxygens (including phenoxy) is 1. The van der Waals surface area contributed by atoms with Gasteiger partial charge in [0.05, 0.1) is 13.5 Å². The molecule has 4 heteroatoms. The first-order chi connectivity index (χ1) is 8.46. The van der Waals surface area contributed by atoms with Crippen molar-refractivity contribution in [2.45, 2.75) is 40.5 Å². The third-order valence-corrected chi connectivity index (χ3v) is 3.30. The van der Waals surface area contributed by atoms with Crippen LogP contribution in [0.2, 0.25) is 0 Å². The SMILES string of the molecule is CCN(CC)CC[C@H](CC(=O)OC)C(=O)C(C)C. The smallest absolute Gasteiger partial charge is 0.306 e. The first-order valence-electron chi connectivity index (χ1n) is 6.79. The highest BCUT2D eigenvalue weighted by molar-refractivity contribution is 5.86. The summed E-state index contributed by atoms with van der Waals surface area (Å²) in [6.07, 6.45) is 0.933. The van der Waals surface area contributed by atoms with E-state index in [1.54, 1.807) is 0 Å². The van der Waals surface area contributed by atoms with E-state index in [2.05, 4.69) is 23.5 Å². The number of nitrogens with zero attached hydrogens (tertiary/aromatic N) is 1. The molecule has 0 aromatic heterocycles. The Bertz CT molecular complexity index is 260. The highest BCUT2D eigenvalue weighted by atomic mass is 16.5. The molecule has 0 bridgehead atoms. The Morgan fingerprint density at radius 2 is 1.72 bits per heavy atom. The maximum atomic E-state index is 12.1. The predicted octanol–water partition coefficient (Wildman–Crippen LogP) is 2.12. The van der Waals surface area contributed by atoms with Crippen LogP contribution >= 0.6 is 0 Å². The van der Waals surface area contributed by atoms with Gasteiger partial charge in [-0.3, -0.25) is 9.59 Å². The topological polar surface area (TPSA) is 46.6 Å². The molecule has 1 atom stereocenters. The minimum atomic E-state index is -0.298. The Morgan fingerprint density at radius 1 is 1.17 bits per heavy atom. The normalized spacial score (nSPS) is 12.8. The van der Waals surface area contributed by atoms with Crippen molar-refractivity contribution in [3.8, 4) is 0 Å². The van der Waals surface area contributed by atoms with Gasteiger partial charge in [0.25, 0.3) is 0 Å². The van der Waals surface area contributed by atoms with Gasteiger partial charge in [0.2, 0.25) is 0 Å². The lowest BCUT2D eigenvalue weighted by atomic mass is 9.89. The van der Waals surface area contributed by atoms with Gasteiger partial charge in [-0.05, 0) is 26.1 Å². The third kappa shape index (κ3) is 6.15. The molecule has 0 amide bonds. The average Bonchev–Trinajstić information content (AvgIpc) is 2.37. The molecule has 0 unspecified atom stereocenters. The van der Waals surface area contributed by atoms with Gasteiger partial charge in [0.1, 0.15) is 5.78 Å². The van der Waals surface area contributed by atoms with Crippen molar-refractivity contribution < 1.29 is 14.3 Å². The van der Waals surface area contributed by atoms with E-state index in [4.69, 9.17) is 0 Å². The number of carbonyl (C=O) groups excluding carboxylic acids is 2. The minimum Gasteiger partial charge on any atom is -0.469 e. The Kier molecular flexibility index (Phi) is 8.63. The molecule has 0 fully saturated rings. The highest BCUT2D eigenvalue weighted by Gasteiger charge is 2.24. The first-order valence-corrected chi connectivity index (χ1v) is 6.79. The van der Waals surface area contributed by atoms with Gasteiger partial charge in [-0.15, -0.1) is 0 Å². The molecule has 4 nitrogen and oxygen atoms in total. The van der Waals surface area contributed by atoms with E-state index in [1.165, 1.54) is 7.11 Å². The third-order valence-electron chi connectivity index (χ3n) is 3.30. The summed E-state index contributed by atoms with van der Waals surface area (Å²) in [7, 11) is 1.36. The lowest BCUT2D eigenvalue weighted by Gasteiger charge is -2.22. The number of esters is 1. The van der Waals surface area contributed by atoms with Crippen LogP contribution in [0.25, 0.3) is 0 Å². The van der Waals surface area contributed by atoms with Crippen LogP contribution in [0.5, 0.6) is 0 Å². The van der Waals surface area contributed by atoms with Crippen molar-refractivity contribution in [3.05, 3.63) is 0 Å². The number of hydrogen-bond acceptors (Lipinski definition) is 4. The van der Waals surface area contributed by atoms with Crippen LogP contribution in [-0.4, -0.2) is 43.4 Å². The van der Waals surface area contributed by atoms with Crippen molar-refractivity contribution >= 4 is 11.8 Å². The molecule has 0 spiro atoms. The van der Waals surface area contributed by atoms with Crippen molar-refractivity contribution in [2.24, 2.45) is 11.8 Å². The Hall–Kier alpha value is -0.900. The van der Waals surface area contributed by atoms with Crippen LogP contribution in [0.1, 0.15) is 40.5 Å². The zero-order chi connectivity index (χ0) is 14.1. The van der Waals surface area contributed by atoms with E-state index in [0.717, 1.165) is 26.1 Å². The summed E-state index contributed by atoms with van der Waals surface area (Å²) >= 11 is 0. The van der Waals surface area contributed by atoms with E-state index >= 15 is 0 Å². The summed E-state index contributed by atoms with van der Waals surface area (Å²) in [6.45, 7) is 10.8. The molecule has 0 aromatic carbocycles. The number of rotatable bonds is 9. The molecular formula is C14H27NO3. The molecule has 106 valence electrons. The molecule has 0 radical (unpaired) electrons.